The average Bonchev–Trinajstić information content (AvgIpc) is 2.53. The van der Waals surface area contributed by atoms with Crippen molar-refractivity contribution in [3.63, 3.8) is 0 Å². The summed E-state index contributed by atoms with van der Waals surface area (Å²) in [6, 6.07) is 8.01. The fraction of sp³-hybridized carbons (Fsp3) is 0. The van der Waals surface area contributed by atoms with E-state index in [1.165, 1.54) is 36.4 Å². The molecule has 0 saturated heterocycles. The zero-order chi connectivity index (χ0) is 17.2. The fourth-order valence-electron chi connectivity index (χ4n) is 3.09. The minimum Gasteiger partial charge on any atom is -0.262 e. The Morgan fingerprint density at radius 1 is 0.708 bits per heavy atom. The first-order chi connectivity index (χ1) is 11.4. The van der Waals surface area contributed by atoms with E-state index >= 15 is 0 Å². The molecule has 0 bridgehead atoms. The van der Waals surface area contributed by atoms with Gasteiger partial charge in [0.1, 0.15) is 11.0 Å². The van der Waals surface area contributed by atoms with Gasteiger partial charge in [-0.25, -0.2) is 20.2 Å². The lowest BCUT2D eigenvalue weighted by Crippen LogP contribution is -2.31. The average molecular weight is 326 g/mol. The van der Waals surface area contributed by atoms with Gasteiger partial charge in [0.15, 0.2) is 10.1 Å². The van der Waals surface area contributed by atoms with E-state index in [9.17, 15) is 29.8 Å². The smallest absolute Gasteiger partial charge is 0.262 e. The highest BCUT2D eigenvalue weighted by molar-refractivity contribution is 6.20. The molecule has 0 aliphatic carbocycles. The van der Waals surface area contributed by atoms with Crippen LogP contribution in [0.3, 0.4) is 0 Å². The van der Waals surface area contributed by atoms with Crippen molar-refractivity contribution in [3.8, 4) is 0 Å². The Hall–Kier alpha value is -3.82. The summed E-state index contributed by atoms with van der Waals surface area (Å²) in [6.07, 6.45) is 0. The van der Waals surface area contributed by atoms with Crippen molar-refractivity contribution in [3.05, 3.63) is 77.3 Å². The Balaban J connectivity index is 2.54. The third kappa shape index (κ3) is 1.48. The molecule has 118 valence electrons. The predicted octanol–water partition coefficient (Wildman–Crippen LogP) is 0.987. The van der Waals surface area contributed by atoms with Crippen LogP contribution in [0.4, 0.5) is 0 Å². The molecule has 24 heavy (non-hydrogen) atoms. The van der Waals surface area contributed by atoms with Crippen molar-refractivity contribution in [1.82, 2.24) is 9.35 Å². The number of rotatable bonds is 2. The van der Waals surface area contributed by atoms with Gasteiger partial charge in [-0.2, -0.15) is 0 Å². The number of hydrogen-bond donors (Lipinski definition) is 0. The van der Waals surface area contributed by atoms with Gasteiger partial charge in [-0.1, -0.05) is 12.1 Å². The Bertz CT molecular complexity index is 1200. The second-order valence-corrected chi connectivity index (χ2v) is 5.11. The molecule has 0 atom stereocenters. The van der Waals surface area contributed by atoms with Gasteiger partial charge >= 0.3 is 11.1 Å². The minimum atomic E-state index is -0.917. The van der Waals surface area contributed by atoms with E-state index in [0.717, 1.165) is 0 Å². The number of aromatic nitrogens is 2. The highest BCUT2D eigenvalue weighted by Crippen LogP contribution is 2.30. The molecule has 4 rings (SSSR count). The van der Waals surface area contributed by atoms with Crippen molar-refractivity contribution >= 4 is 32.6 Å². The second kappa shape index (κ2) is 4.35. The van der Waals surface area contributed by atoms with E-state index in [1.54, 1.807) is 0 Å². The maximum absolute atomic E-state index is 12.5. The molecule has 0 amide bonds. The lowest BCUT2D eigenvalue weighted by Gasteiger charge is -2.11. The van der Waals surface area contributed by atoms with Gasteiger partial charge in [-0.15, -0.1) is 0 Å². The highest BCUT2D eigenvalue weighted by atomic mass is 16.7. The van der Waals surface area contributed by atoms with E-state index in [0.29, 0.717) is 9.35 Å². The van der Waals surface area contributed by atoms with Crippen LogP contribution in [-0.4, -0.2) is 19.4 Å². The number of benzene rings is 2. The second-order valence-electron chi connectivity index (χ2n) is 5.11. The number of pyridine rings is 2. The Morgan fingerprint density at radius 3 is 1.42 bits per heavy atom. The van der Waals surface area contributed by atoms with E-state index < -0.39 is 21.2 Å². The fourth-order valence-corrected chi connectivity index (χ4v) is 3.09. The third-order valence-electron chi connectivity index (χ3n) is 3.96. The number of nitro groups is 2. The van der Waals surface area contributed by atoms with Gasteiger partial charge in [-0.05, 0) is 33.6 Å². The summed E-state index contributed by atoms with van der Waals surface area (Å²) in [4.78, 5) is 47.6. The molecule has 10 nitrogen and oxygen atoms in total. The summed E-state index contributed by atoms with van der Waals surface area (Å²) in [5.41, 5.74) is -2.00. The molecule has 0 radical (unpaired) electrons. The standard InChI is InChI=1S/C14H6N4O6/c19-13-7-3-1-5-9-11(7)12-8(14(20)15(9)17(21)22)4-2-6-10(12)16(13)18(23)24/h1-6H. The summed E-state index contributed by atoms with van der Waals surface area (Å²) in [5.74, 6) is 0. The minimum absolute atomic E-state index is 0.0662. The Kier molecular flexibility index (Phi) is 2.50. The molecule has 0 saturated carbocycles. The zero-order valence-corrected chi connectivity index (χ0v) is 11.7. The van der Waals surface area contributed by atoms with Crippen molar-refractivity contribution in [2.45, 2.75) is 0 Å². The van der Waals surface area contributed by atoms with E-state index in [2.05, 4.69) is 0 Å². The molecule has 0 N–H and O–H groups in total. The van der Waals surface area contributed by atoms with Crippen LogP contribution in [0, 0.1) is 20.2 Å². The number of hydrogen-bond acceptors (Lipinski definition) is 6. The normalized spacial score (nSPS) is 11.5. The van der Waals surface area contributed by atoms with Crippen LogP contribution in [0.25, 0.3) is 32.6 Å². The van der Waals surface area contributed by atoms with Crippen LogP contribution >= 0.6 is 0 Å². The lowest BCUT2D eigenvalue weighted by atomic mass is 10.0. The molecule has 0 aliphatic heterocycles. The Morgan fingerprint density at radius 2 is 1.08 bits per heavy atom. The van der Waals surface area contributed by atoms with E-state index in [-0.39, 0.29) is 32.6 Å². The van der Waals surface area contributed by atoms with Crippen LogP contribution in [0.15, 0.2) is 46.0 Å². The topological polar surface area (TPSA) is 130 Å². The van der Waals surface area contributed by atoms with Gasteiger partial charge < -0.3 is 0 Å². The molecule has 2 aromatic heterocycles. The molecular formula is C14H6N4O6. The first-order valence-corrected chi connectivity index (χ1v) is 6.67. The molecule has 10 heteroatoms. The third-order valence-corrected chi connectivity index (χ3v) is 3.96. The van der Waals surface area contributed by atoms with Crippen LogP contribution in [0.2, 0.25) is 0 Å². The molecule has 0 aliphatic rings. The quantitative estimate of drug-likeness (QED) is 0.307. The van der Waals surface area contributed by atoms with Crippen molar-refractivity contribution in [1.29, 1.82) is 0 Å². The van der Waals surface area contributed by atoms with E-state index in [1.807, 2.05) is 0 Å². The SMILES string of the molecule is O=c1c2cccc3c2c2c(cccc2n1[N+](=O)[O-])c(=O)n3[N+](=O)[O-]. The monoisotopic (exact) mass is 326 g/mol. The van der Waals surface area contributed by atoms with Crippen LogP contribution in [0.5, 0.6) is 0 Å². The van der Waals surface area contributed by atoms with Crippen molar-refractivity contribution in [2.75, 3.05) is 0 Å². The molecule has 2 heterocycles. The number of nitrogens with zero attached hydrogens (tertiary/aromatic N) is 4. The van der Waals surface area contributed by atoms with Crippen LogP contribution < -0.4 is 11.1 Å². The first kappa shape index (κ1) is 13.8. The molecule has 2 aromatic carbocycles. The maximum Gasteiger partial charge on any atom is 0.320 e. The molecule has 4 aromatic rings. The van der Waals surface area contributed by atoms with Gasteiger partial charge in [0.2, 0.25) is 0 Å². The largest absolute Gasteiger partial charge is 0.320 e. The highest BCUT2D eigenvalue weighted by Gasteiger charge is 2.26. The van der Waals surface area contributed by atoms with Crippen molar-refractivity contribution in [2.24, 2.45) is 0 Å². The molecule has 0 unspecified atom stereocenters. The zero-order valence-electron chi connectivity index (χ0n) is 11.7. The van der Waals surface area contributed by atoms with Gasteiger partial charge in [0.25, 0.3) is 0 Å². The Labute approximate surface area is 130 Å². The predicted molar refractivity (Wildman–Crippen MR) is 83.5 cm³/mol. The maximum atomic E-state index is 12.5. The summed E-state index contributed by atoms with van der Waals surface area (Å²) in [7, 11) is 0. The van der Waals surface area contributed by atoms with Gasteiger partial charge in [0, 0.05) is 10.8 Å². The molecule has 0 fully saturated rings. The van der Waals surface area contributed by atoms with Crippen LogP contribution in [0.1, 0.15) is 0 Å². The van der Waals surface area contributed by atoms with Crippen LogP contribution in [-0.2, 0) is 0 Å². The van der Waals surface area contributed by atoms with Gasteiger partial charge in [-0.3, -0.25) is 9.59 Å². The summed E-state index contributed by atoms with van der Waals surface area (Å²) < 4.78 is 0.695. The molecule has 0 spiro atoms. The molecular weight excluding hydrogens is 320 g/mol. The summed E-state index contributed by atoms with van der Waals surface area (Å²) >= 11 is 0. The lowest BCUT2D eigenvalue weighted by molar-refractivity contribution is -0.540. The summed E-state index contributed by atoms with van der Waals surface area (Å²) in [6.45, 7) is 0. The summed E-state index contributed by atoms with van der Waals surface area (Å²) in [5, 5.41) is 21.0. The van der Waals surface area contributed by atoms with Gasteiger partial charge in [0.05, 0.1) is 10.8 Å². The van der Waals surface area contributed by atoms with Crippen molar-refractivity contribution < 1.29 is 10.1 Å². The first-order valence-electron chi connectivity index (χ1n) is 6.67. The van der Waals surface area contributed by atoms with E-state index in [4.69, 9.17) is 0 Å².